The smallest absolute Gasteiger partial charge is 0.168 e. The Labute approximate surface area is 186 Å². The van der Waals surface area contributed by atoms with E-state index < -0.39 is 0 Å². The predicted molar refractivity (Wildman–Crippen MR) is 121 cm³/mol. The number of hydrogen-bond donors (Lipinski definition) is 2. The van der Waals surface area contributed by atoms with Crippen LogP contribution in [0.5, 0.6) is 0 Å². The first kappa shape index (κ1) is 21.6. The maximum atomic E-state index is 13.0. The maximum absolute atomic E-state index is 13.0. The van der Waals surface area contributed by atoms with Gasteiger partial charge in [-0.15, -0.1) is 0 Å². The summed E-state index contributed by atoms with van der Waals surface area (Å²) in [6.07, 6.45) is 11.0. The Hall–Kier alpha value is -1.24. The molecule has 1 heterocycles. The number of Topliss-reactive ketones (excluding diaryl/α,β-unsaturated/α-hetero) is 1. The van der Waals surface area contributed by atoms with Crippen molar-refractivity contribution in [2.45, 2.75) is 51.4 Å². The number of ketones is 1. The highest BCUT2D eigenvalue weighted by atomic mass is 16.3. The Kier molecular flexibility index (Phi) is 6.24. The molecule has 6 rings (SSSR count). The van der Waals surface area contributed by atoms with E-state index in [0.29, 0.717) is 42.1 Å². The van der Waals surface area contributed by atoms with Crippen LogP contribution in [0.25, 0.3) is 0 Å². The van der Waals surface area contributed by atoms with Crippen molar-refractivity contribution in [3.05, 3.63) is 11.3 Å². The zero-order valence-corrected chi connectivity index (χ0v) is 18.8. The molecule has 31 heavy (non-hydrogen) atoms. The predicted octanol–water partition coefficient (Wildman–Crippen LogP) is 2.67. The Morgan fingerprint density at radius 2 is 1.52 bits per heavy atom. The van der Waals surface area contributed by atoms with Gasteiger partial charge in [-0.3, -0.25) is 19.6 Å². The van der Waals surface area contributed by atoms with E-state index in [-0.39, 0.29) is 12.4 Å². The van der Waals surface area contributed by atoms with Crippen molar-refractivity contribution in [2.75, 3.05) is 52.4 Å². The summed E-state index contributed by atoms with van der Waals surface area (Å²) < 4.78 is 0. The molecule has 1 unspecified atom stereocenters. The number of β-amino-alcohol motifs (C(OH)–C–C–N with tert-alkyl or cyclic N) is 1. The molecule has 4 saturated carbocycles. The van der Waals surface area contributed by atoms with Gasteiger partial charge in [-0.1, -0.05) is 0 Å². The van der Waals surface area contributed by atoms with Crippen LogP contribution in [0.3, 0.4) is 0 Å². The summed E-state index contributed by atoms with van der Waals surface area (Å²) in [6.45, 7) is 6.47. The number of rotatable bonds is 7. The molecule has 0 aromatic heterocycles. The molecular weight excluding hydrogens is 390 g/mol. The standard InChI is InChI=1S/C25H39N3O3/c29-8-7-28-5-3-27(4-6-28)2-1-26-17-22-23(30)12-21(13-24(22)31)25-14-18-9-19(15-25)11-20(10-18)16-25/h17-21,29-30H,1-16H2. The first-order chi connectivity index (χ1) is 15.0. The Bertz CT molecular complexity index is 703. The van der Waals surface area contributed by atoms with Gasteiger partial charge >= 0.3 is 0 Å². The molecule has 1 aliphatic heterocycles. The van der Waals surface area contributed by atoms with Gasteiger partial charge in [0.1, 0.15) is 5.76 Å². The zero-order chi connectivity index (χ0) is 21.4. The van der Waals surface area contributed by atoms with Gasteiger partial charge in [0.15, 0.2) is 5.78 Å². The van der Waals surface area contributed by atoms with Crippen LogP contribution < -0.4 is 0 Å². The Morgan fingerprint density at radius 3 is 2.06 bits per heavy atom. The highest BCUT2D eigenvalue weighted by molar-refractivity contribution is 6.14. The molecular formula is C25H39N3O3. The molecule has 0 amide bonds. The number of hydrogen-bond acceptors (Lipinski definition) is 6. The van der Waals surface area contributed by atoms with Gasteiger partial charge in [0.25, 0.3) is 0 Å². The number of piperazine rings is 1. The third-order valence-corrected chi connectivity index (χ3v) is 9.08. The second-order valence-corrected chi connectivity index (χ2v) is 11.1. The molecule has 2 N–H and O–H groups in total. The van der Waals surface area contributed by atoms with Crippen molar-refractivity contribution in [1.82, 2.24) is 9.80 Å². The summed E-state index contributed by atoms with van der Waals surface area (Å²) in [6, 6.07) is 0. The van der Waals surface area contributed by atoms with Gasteiger partial charge in [-0.05, 0) is 67.6 Å². The van der Waals surface area contributed by atoms with Crippen molar-refractivity contribution in [1.29, 1.82) is 0 Å². The van der Waals surface area contributed by atoms with Crippen molar-refractivity contribution in [2.24, 2.45) is 34.1 Å². The molecule has 172 valence electrons. The molecule has 0 radical (unpaired) electrons. The summed E-state index contributed by atoms with van der Waals surface area (Å²) in [5.74, 6) is 3.35. The molecule has 6 aliphatic rings. The van der Waals surface area contributed by atoms with Crippen LogP contribution >= 0.6 is 0 Å². The first-order valence-corrected chi connectivity index (χ1v) is 12.6. The van der Waals surface area contributed by atoms with Gasteiger partial charge in [-0.2, -0.15) is 0 Å². The van der Waals surface area contributed by atoms with Gasteiger partial charge < -0.3 is 10.2 Å². The largest absolute Gasteiger partial charge is 0.511 e. The lowest BCUT2D eigenvalue weighted by Gasteiger charge is -2.60. The molecule has 6 heteroatoms. The number of aliphatic hydroxyl groups is 2. The topological polar surface area (TPSA) is 76.4 Å². The molecule has 5 aliphatic carbocycles. The summed E-state index contributed by atoms with van der Waals surface area (Å²) in [5.41, 5.74) is 0.785. The summed E-state index contributed by atoms with van der Waals surface area (Å²) in [5, 5.41) is 19.8. The lowest BCUT2D eigenvalue weighted by Crippen LogP contribution is -2.50. The molecule has 6 nitrogen and oxygen atoms in total. The Balaban J connectivity index is 1.15. The second-order valence-electron chi connectivity index (χ2n) is 11.1. The number of carbonyl (C=O) groups is 1. The van der Waals surface area contributed by atoms with E-state index in [9.17, 15) is 9.90 Å². The zero-order valence-electron chi connectivity index (χ0n) is 18.8. The molecule has 4 bridgehead atoms. The summed E-state index contributed by atoms with van der Waals surface area (Å²) >= 11 is 0. The average molecular weight is 430 g/mol. The van der Waals surface area contributed by atoms with Crippen molar-refractivity contribution >= 4 is 12.0 Å². The lowest BCUT2D eigenvalue weighted by molar-refractivity contribution is -0.125. The van der Waals surface area contributed by atoms with E-state index in [1.807, 2.05) is 0 Å². The van der Waals surface area contributed by atoms with Crippen molar-refractivity contribution in [3.63, 3.8) is 0 Å². The SMILES string of the molecule is O=C1CC(C23CC4CC(CC(C4)C2)C3)CC(O)=C1C=NCCN1CCN(CCO)CC1. The monoisotopic (exact) mass is 429 g/mol. The third kappa shape index (κ3) is 4.49. The quantitative estimate of drug-likeness (QED) is 0.609. The van der Waals surface area contributed by atoms with Crippen LogP contribution in [0.1, 0.15) is 51.4 Å². The van der Waals surface area contributed by atoms with E-state index in [2.05, 4.69) is 14.8 Å². The first-order valence-electron chi connectivity index (χ1n) is 12.6. The van der Waals surface area contributed by atoms with Crippen LogP contribution in [-0.4, -0.2) is 84.4 Å². The second kappa shape index (κ2) is 8.95. The minimum Gasteiger partial charge on any atom is -0.511 e. The normalized spacial score (nSPS) is 39.2. The fourth-order valence-electron chi connectivity index (χ4n) is 7.90. The van der Waals surface area contributed by atoms with Crippen molar-refractivity contribution < 1.29 is 15.0 Å². The van der Waals surface area contributed by atoms with Crippen LogP contribution in [0, 0.1) is 29.1 Å². The van der Waals surface area contributed by atoms with Gasteiger partial charge in [0.2, 0.25) is 0 Å². The number of carbonyl (C=O) groups excluding carboxylic acids is 1. The Morgan fingerprint density at radius 1 is 0.935 bits per heavy atom. The molecule has 1 saturated heterocycles. The molecule has 0 aromatic rings. The van der Waals surface area contributed by atoms with Gasteiger partial charge in [0.05, 0.1) is 18.7 Å². The van der Waals surface area contributed by atoms with E-state index in [4.69, 9.17) is 5.11 Å². The fourth-order valence-corrected chi connectivity index (χ4v) is 7.90. The minimum absolute atomic E-state index is 0.103. The number of allylic oxidation sites excluding steroid dienone is 2. The highest BCUT2D eigenvalue weighted by Crippen LogP contribution is 2.64. The van der Waals surface area contributed by atoms with Crippen LogP contribution in [-0.2, 0) is 4.79 Å². The fraction of sp³-hybridized carbons (Fsp3) is 0.840. The van der Waals surface area contributed by atoms with E-state index in [1.54, 1.807) is 6.21 Å². The highest BCUT2D eigenvalue weighted by Gasteiger charge is 2.55. The minimum atomic E-state index is 0.103. The maximum Gasteiger partial charge on any atom is 0.168 e. The van der Waals surface area contributed by atoms with Crippen LogP contribution in [0.4, 0.5) is 0 Å². The van der Waals surface area contributed by atoms with E-state index in [1.165, 1.54) is 38.5 Å². The molecule has 5 fully saturated rings. The summed E-state index contributed by atoms with van der Waals surface area (Å²) in [4.78, 5) is 22.1. The molecule has 0 aromatic carbocycles. The lowest BCUT2D eigenvalue weighted by atomic mass is 9.45. The van der Waals surface area contributed by atoms with Crippen LogP contribution in [0.2, 0.25) is 0 Å². The van der Waals surface area contributed by atoms with Gasteiger partial charge in [-0.25, -0.2) is 0 Å². The van der Waals surface area contributed by atoms with Gasteiger partial charge in [0, 0.05) is 58.3 Å². The number of aliphatic imine (C=N–C) groups is 1. The third-order valence-electron chi connectivity index (χ3n) is 9.08. The summed E-state index contributed by atoms with van der Waals surface area (Å²) in [7, 11) is 0. The average Bonchev–Trinajstić information content (AvgIpc) is 2.73. The van der Waals surface area contributed by atoms with Crippen LogP contribution in [0.15, 0.2) is 16.3 Å². The number of aliphatic hydroxyl groups excluding tert-OH is 2. The van der Waals surface area contributed by atoms with Crippen molar-refractivity contribution in [3.8, 4) is 0 Å². The molecule has 1 atom stereocenters. The number of nitrogens with zero attached hydrogens (tertiary/aromatic N) is 3. The van der Waals surface area contributed by atoms with E-state index >= 15 is 0 Å². The molecule has 0 spiro atoms. The van der Waals surface area contributed by atoms with E-state index in [0.717, 1.165) is 57.0 Å².